The second kappa shape index (κ2) is 2.57. The molecule has 0 spiro atoms. The molecular weight excluding hydrogens is 122 g/mol. The third-order valence-electron chi connectivity index (χ3n) is 2.49. The first-order valence-electron chi connectivity index (χ1n) is 3.87. The van der Waals surface area contributed by atoms with E-state index in [1.54, 1.807) is 0 Å². The number of nitrogens with one attached hydrogen (secondary N) is 1. The van der Waals surface area contributed by atoms with Crippen LogP contribution < -0.4 is 0 Å². The van der Waals surface area contributed by atoms with Crippen molar-refractivity contribution in [2.45, 2.75) is 26.7 Å². The largest absolute Gasteiger partial charge is 0.305 e. The van der Waals surface area contributed by atoms with Gasteiger partial charge in [-0.1, -0.05) is 20.4 Å². The molecule has 0 bridgehead atoms. The van der Waals surface area contributed by atoms with E-state index in [0.717, 1.165) is 30.0 Å². The van der Waals surface area contributed by atoms with E-state index >= 15 is 0 Å². The number of hydrogen-bond acceptors (Lipinski definition) is 1. The number of hydrogen-bond donors (Lipinski definition) is 1. The van der Waals surface area contributed by atoms with Crippen LogP contribution in [-0.2, 0) is 0 Å². The molecule has 1 heteroatoms. The summed E-state index contributed by atoms with van der Waals surface area (Å²) in [6.45, 7) is 8.31. The summed E-state index contributed by atoms with van der Waals surface area (Å²) < 4.78 is 0. The highest BCUT2D eigenvalue weighted by atomic mass is 14.5. The van der Waals surface area contributed by atoms with Crippen LogP contribution in [0.1, 0.15) is 26.7 Å². The van der Waals surface area contributed by atoms with Crippen LogP contribution in [0, 0.1) is 17.2 Å². The maximum Gasteiger partial charge on any atom is 0.0342 e. The summed E-state index contributed by atoms with van der Waals surface area (Å²) in [6.07, 6.45) is 1.96. The molecule has 2 unspecified atom stereocenters. The summed E-state index contributed by atoms with van der Waals surface area (Å²) in [5, 5.41) is 7.52. The third kappa shape index (κ3) is 1.28. The molecule has 1 aliphatic rings. The Bertz CT molecular complexity index is 150. The molecule has 0 aromatic rings. The van der Waals surface area contributed by atoms with Crippen LogP contribution in [-0.4, -0.2) is 5.71 Å². The topological polar surface area (TPSA) is 23.9 Å². The lowest BCUT2D eigenvalue weighted by Crippen LogP contribution is -2.21. The van der Waals surface area contributed by atoms with Gasteiger partial charge in [0, 0.05) is 5.71 Å². The predicted octanol–water partition coefficient (Wildman–Crippen LogP) is 2.63. The van der Waals surface area contributed by atoms with Gasteiger partial charge in [0.2, 0.25) is 0 Å². The SMILES string of the molecule is C=C1CC(C)C(C)CC1=N. The fraction of sp³-hybridized carbons (Fsp3) is 0.667. The number of allylic oxidation sites excluding steroid dienone is 1. The first kappa shape index (κ1) is 7.52. The van der Waals surface area contributed by atoms with Gasteiger partial charge in [-0.05, 0) is 30.3 Å². The molecule has 0 aliphatic heterocycles. The molecule has 10 heavy (non-hydrogen) atoms. The van der Waals surface area contributed by atoms with Gasteiger partial charge in [0.25, 0.3) is 0 Å². The van der Waals surface area contributed by atoms with Crippen LogP contribution in [0.15, 0.2) is 12.2 Å². The lowest BCUT2D eigenvalue weighted by molar-refractivity contribution is 0.383. The van der Waals surface area contributed by atoms with E-state index in [-0.39, 0.29) is 0 Å². The normalized spacial score (nSPS) is 34.6. The van der Waals surface area contributed by atoms with Crippen molar-refractivity contribution in [3.8, 4) is 0 Å². The van der Waals surface area contributed by atoms with Gasteiger partial charge in [0.1, 0.15) is 0 Å². The molecule has 0 aromatic carbocycles. The van der Waals surface area contributed by atoms with Crippen molar-refractivity contribution >= 4 is 5.71 Å². The van der Waals surface area contributed by atoms with Crippen molar-refractivity contribution in [3.05, 3.63) is 12.2 Å². The standard InChI is InChI=1S/C9H15N/c1-6-4-8(3)9(10)5-7(6)2/h6-7,10H,3-5H2,1-2H3. The van der Waals surface area contributed by atoms with Crippen molar-refractivity contribution in [3.63, 3.8) is 0 Å². The van der Waals surface area contributed by atoms with E-state index < -0.39 is 0 Å². The Morgan fingerprint density at radius 2 is 1.80 bits per heavy atom. The molecule has 0 radical (unpaired) electrons. The summed E-state index contributed by atoms with van der Waals surface area (Å²) in [5.41, 5.74) is 1.82. The molecule has 1 aliphatic carbocycles. The van der Waals surface area contributed by atoms with Crippen LogP contribution in [0.3, 0.4) is 0 Å². The van der Waals surface area contributed by atoms with Gasteiger partial charge >= 0.3 is 0 Å². The summed E-state index contributed by atoms with van der Waals surface area (Å²) >= 11 is 0. The van der Waals surface area contributed by atoms with Crippen LogP contribution in [0.5, 0.6) is 0 Å². The maximum atomic E-state index is 7.52. The zero-order valence-electron chi connectivity index (χ0n) is 6.78. The fourth-order valence-electron chi connectivity index (χ4n) is 1.38. The van der Waals surface area contributed by atoms with Crippen molar-refractivity contribution in [2.24, 2.45) is 11.8 Å². The fourth-order valence-corrected chi connectivity index (χ4v) is 1.38. The molecule has 0 aromatic heterocycles. The predicted molar refractivity (Wildman–Crippen MR) is 44.4 cm³/mol. The molecule has 1 saturated carbocycles. The molecule has 0 heterocycles. The van der Waals surface area contributed by atoms with Crippen LogP contribution in [0.4, 0.5) is 0 Å². The van der Waals surface area contributed by atoms with Gasteiger partial charge in [-0.25, -0.2) is 0 Å². The Balaban J connectivity index is 2.63. The molecule has 1 nitrogen and oxygen atoms in total. The average Bonchev–Trinajstić information content (AvgIpc) is 1.84. The molecule has 56 valence electrons. The van der Waals surface area contributed by atoms with E-state index in [1.165, 1.54) is 0 Å². The highest BCUT2D eigenvalue weighted by Crippen LogP contribution is 2.29. The number of rotatable bonds is 0. The van der Waals surface area contributed by atoms with Gasteiger partial charge < -0.3 is 5.41 Å². The first-order valence-corrected chi connectivity index (χ1v) is 3.87. The van der Waals surface area contributed by atoms with E-state index in [2.05, 4.69) is 20.4 Å². The van der Waals surface area contributed by atoms with Crippen LogP contribution in [0.2, 0.25) is 0 Å². The minimum Gasteiger partial charge on any atom is -0.305 e. The zero-order valence-corrected chi connectivity index (χ0v) is 6.78. The molecule has 1 rings (SSSR count). The molecule has 2 atom stereocenters. The molecule has 0 saturated heterocycles. The maximum absolute atomic E-state index is 7.52. The van der Waals surface area contributed by atoms with E-state index in [1.807, 2.05) is 0 Å². The van der Waals surface area contributed by atoms with Crippen molar-refractivity contribution < 1.29 is 0 Å². The quantitative estimate of drug-likeness (QED) is 0.530. The second-order valence-electron chi connectivity index (χ2n) is 3.44. The molecule has 1 N–H and O–H groups in total. The Morgan fingerprint density at radius 1 is 1.30 bits per heavy atom. The summed E-state index contributed by atoms with van der Waals surface area (Å²) in [4.78, 5) is 0. The molecule has 0 amide bonds. The van der Waals surface area contributed by atoms with Crippen molar-refractivity contribution in [1.82, 2.24) is 0 Å². The molecular formula is C9H15N. The van der Waals surface area contributed by atoms with E-state index in [4.69, 9.17) is 5.41 Å². The molecule has 1 fully saturated rings. The lowest BCUT2D eigenvalue weighted by atomic mass is 9.78. The lowest BCUT2D eigenvalue weighted by Gasteiger charge is -2.27. The highest BCUT2D eigenvalue weighted by Gasteiger charge is 2.22. The van der Waals surface area contributed by atoms with Crippen LogP contribution >= 0.6 is 0 Å². The van der Waals surface area contributed by atoms with Gasteiger partial charge in [-0.2, -0.15) is 0 Å². The third-order valence-corrected chi connectivity index (χ3v) is 2.49. The van der Waals surface area contributed by atoms with Gasteiger partial charge in [-0.3, -0.25) is 0 Å². The second-order valence-corrected chi connectivity index (χ2v) is 3.44. The van der Waals surface area contributed by atoms with Crippen LogP contribution in [0.25, 0.3) is 0 Å². The van der Waals surface area contributed by atoms with Gasteiger partial charge in [0.05, 0.1) is 0 Å². The van der Waals surface area contributed by atoms with E-state index in [0.29, 0.717) is 5.92 Å². The van der Waals surface area contributed by atoms with Crippen molar-refractivity contribution in [2.75, 3.05) is 0 Å². The smallest absolute Gasteiger partial charge is 0.0342 e. The zero-order chi connectivity index (χ0) is 7.72. The Labute approximate surface area is 62.6 Å². The Morgan fingerprint density at radius 3 is 2.30 bits per heavy atom. The average molecular weight is 137 g/mol. The minimum absolute atomic E-state index is 0.679. The first-order chi connectivity index (χ1) is 4.61. The Hall–Kier alpha value is -0.590. The Kier molecular flexibility index (Phi) is 1.93. The minimum atomic E-state index is 0.679. The monoisotopic (exact) mass is 137 g/mol. The summed E-state index contributed by atoms with van der Waals surface area (Å²) in [7, 11) is 0. The van der Waals surface area contributed by atoms with Gasteiger partial charge in [0.15, 0.2) is 0 Å². The van der Waals surface area contributed by atoms with E-state index in [9.17, 15) is 0 Å². The van der Waals surface area contributed by atoms with Crippen molar-refractivity contribution in [1.29, 1.82) is 5.41 Å². The summed E-state index contributed by atoms with van der Waals surface area (Å²) in [6, 6.07) is 0. The summed E-state index contributed by atoms with van der Waals surface area (Å²) in [5.74, 6) is 1.40. The highest BCUT2D eigenvalue weighted by molar-refractivity contribution is 5.97. The van der Waals surface area contributed by atoms with Gasteiger partial charge in [-0.15, -0.1) is 0 Å².